The Balaban J connectivity index is 1.52. The van der Waals surface area contributed by atoms with Crippen LogP contribution in [0.2, 0.25) is 10.0 Å². The van der Waals surface area contributed by atoms with E-state index in [4.69, 9.17) is 40.6 Å². The molecule has 8 nitrogen and oxygen atoms in total. The number of H-pyrrole nitrogens is 1. The summed E-state index contributed by atoms with van der Waals surface area (Å²) >= 11 is 17.6. The average Bonchev–Trinajstić information content (AvgIpc) is 3.32. The highest BCUT2D eigenvalue weighted by atomic mass is 35.5. The van der Waals surface area contributed by atoms with Crippen LogP contribution in [0, 0.1) is 0 Å². The number of anilines is 2. The highest BCUT2D eigenvalue weighted by Crippen LogP contribution is 2.24. The highest BCUT2D eigenvalue weighted by Gasteiger charge is 2.11. The first-order chi connectivity index (χ1) is 15.5. The third kappa shape index (κ3) is 7.52. The van der Waals surface area contributed by atoms with Gasteiger partial charge in [0.2, 0.25) is 0 Å². The summed E-state index contributed by atoms with van der Waals surface area (Å²) in [4.78, 5) is 13.6. The molecule has 0 fully saturated rings. The fourth-order valence-corrected chi connectivity index (χ4v) is 3.57. The summed E-state index contributed by atoms with van der Waals surface area (Å²) in [6.07, 6.45) is 6.94. The number of aromatic amines is 1. The molecule has 0 aliphatic heterocycles. The number of thiocarbonyl (C=S) groups is 1. The Labute approximate surface area is 202 Å². The quantitative estimate of drug-likeness (QED) is 0.155. The van der Waals surface area contributed by atoms with E-state index in [-0.39, 0.29) is 0 Å². The number of halogens is 2. The molecule has 3 rings (SSSR count). The summed E-state index contributed by atoms with van der Waals surface area (Å²) in [7, 11) is 0. The monoisotopic (exact) mass is 493 g/mol. The molecule has 0 bridgehead atoms. The first kappa shape index (κ1) is 24.1. The van der Waals surface area contributed by atoms with E-state index >= 15 is 0 Å². The zero-order valence-corrected chi connectivity index (χ0v) is 19.6. The van der Waals surface area contributed by atoms with Gasteiger partial charge in [0.15, 0.2) is 5.11 Å². The molecular weight excluding hydrogens is 469 g/mol. The van der Waals surface area contributed by atoms with Gasteiger partial charge in [0.25, 0.3) is 0 Å². The number of pyridine rings is 1. The summed E-state index contributed by atoms with van der Waals surface area (Å²) in [5.74, 6) is 0.760. The molecule has 2 aromatic heterocycles. The van der Waals surface area contributed by atoms with Crippen LogP contribution < -0.4 is 21.0 Å². The van der Waals surface area contributed by atoms with Gasteiger partial charge < -0.3 is 20.5 Å². The van der Waals surface area contributed by atoms with Crippen molar-refractivity contribution in [3.63, 3.8) is 0 Å². The lowest BCUT2D eigenvalue weighted by atomic mass is 10.2. The largest absolute Gasteiger partial charge is 0.363 e. The molecule has 0 atom stereocenters. The molecule has 0 saturated heterocycles. The predicted octanol–water partition coefficient (Wildman–Crippen LogP) is 4.02. The van der Waals surface area contributed by atoms with Crippen molar-refractivity contribution < 1.29 is 5.21 Å². The summed E-state index contributed by atoms with van der Waals surface area (Å²) in [6, 6.07) is 9.15. The second-order valence-corrected chi connectivity index (χ2v) is 8.27. The van der Waals surface area contributed by atoms with Crippen molar-refractivity contribution in [1.82, 2.24) is 25.6 Å². The SMILES string of the molecule is ONc1ccc(N(CCNC(=S)NCCCc2cnc[nH]2)Cc2ccc(Cl)c(Cl)c2)nc1. The molecular formula is C21H25Cl2N7OS. The van der Waals surface area contributed by atoms with Crippen molar-refractivity contribution in [2.24, 2.45) is 0 Å². The van der Waals surface area contributed by atoms with E-state index in [0.717, 1.165) is 36.5 Å². The summed E-state index contributed by atoms with van der Waals surface area (Å²) < 4.78 is 0. The van der Waals surface area contributed by atoms with Crippen LogP contribution in [0.1, 0.15) is 17.7 Å². The molecule has 0 unspecified atom stereocenters. The Morgan fingerprint density at radius 1 is 1.09 bits per heavy atom. The minimum atomic E-state index is 0.510. The average molecular weight is 494 g/mol. The fourth-order valence-electron chi connectivity index (χ4n) is 3.04. The molecule has 1 aromatic carbocycles. The van der Waals surface area contributed by atoms with Gasteiger partial charge >= 0.3 is 0 Å². The molecule has 0 saturated carbocycles. The first-order valence-electron chi connectivity index (χ1n) is 10.1. The molecule has 170 valence electrons. The summed E-state index contributed by atoms with van der Waals surface area (Å²) in [5, 5.41) is 17.1. The van der Waals surface area contributed by atoms with Crippen LogP contribution in [-0.4, -0.2) is 44.9 Å². The number of nitrogens with one attached hydrogen (secondary N) is 4. The standard InChI is InChI=1S/C21H25Cl2N7OS/c22-18-5-3-15(10-19(18)23)13-30(20-6-4-17(29-31)12-27-20)9-8-26-21(32)25-7-1-2-16-11-24-14-28-16/h3-6,10-12,14,29,31H,1-2,7-9,13H2,(H,24,28)(H2,25,26,32). The zero-order valence-electron chi connectivity index (χ0n) is 17.3. The molecule has 11 heteroatoms. The molecule has 0 radical (unpaired) electrons. The lowest BCUT2D eigenvalue weighted by Gasteiger charge is -2.25. The van der Waals surface area contributed by atoms with Gasteiger partial charge in [-0.25, -0.2) is 9.97 Å². The van der Waals surface area contributed by atoms with Gasteiger partial charge in [-0.15, -0.1) is 0 Å². The molecule has 0 amide bonds. The molecule has 2 heterocycles. The Bertz CT molecular complexity index is 986. The van der Waals surface area contributed by atoms with Gasteiger partial charge in [0.05, 0.1) is 28.3 Å². The van der Waals surface area contributed by atoms with E-state index in [2.05, 4.69) is 36.0 Å². The molecule has 0 spiro atoms. The lowest BCUT2D eigenvalue weighted by molar-refractivity contribution is 0.388. The van der Waals surface area contributed by atoms with Gasteiger partial charge in [-0.3, -0.25) is 10.7 Å². The van der Waals surface area contributed by atoms with Crippen LogP contribution in [0.5, 0.6) is 0 Å². The summed E-state index contributed by atoms with van der Waals surface area (Å²) in [6.45, 7) is 2.63. The maximum Gasteiger partial charge on any atom is 0.166 e. The van der Waals surface area contributed by atoms with Gasteiger partial charge in [0, 0.05) is 38.1 Å². The maximum absolute atomic E-state index is 9.04. The topological polar surface area (TPSA) is 101 Å². The van der Waals surface area contributed by atoms with Gasteiger partial charge in [0.1, 0.15) is 5.82 Å². The molecule has 0 aliphatic rings. The lowest BCUT2D eigenvalue weighted by Crippen LogP contribution is -2.40. The van der Waals surface area contributed by atoms with Crippen molar-refractivity contribution in [2.45, 2.75) is 19.4 Å². The summed E-state index contributed by atoms with van der Waals surface area (Å²) in [5.41, 5.74) is 4.72. The molecule has 32 heavy (non-hydrogen) atoms. The third-order valence-electron chi connectivity index (χ3n) is 4.69. The smallest absolute Gasteiger partial charge is 0.166 e. The minimum Gasteiger partial charge on any atom is -0.363 e. The van der Waals surface area contributed by atoms with E-state index in [1.165, 1.54) is 0 Å². The number of aryl methyl sites for hydroxylation is 1. The highest BCUT2D eigenvalue weighted by molar-refractivity contribution is 7.80. The Morgan fingerprint density at radius 2 is 1.94 bits per heavy atom. The van der Waals surface area contributed by atoms with E-state index in [1.807, 2.05) is 24.4 Å². The van der Waals surface area contributed by atoms with Crippen LogP contribution in [0.25, 0.3) is 0 Å². The Kier molecular flexibility index (Phi) is 9.36. The van der Waals surface area contributed by atoms with Gasteiger partial charge in [-0.1, -0.05) is 29.3 Å². The number of imidazole rings is 1. The van der Waals surface area contributed by atoms with Crippen LogP contribution in [0.3, 0.4) is 0 Å². The number of rotatable bonds is 11. The van der Waals surface area contributed by atoms with Crippen molar-refractivity contribution >= 4 is 52.0 Å². The molecule has 3 aromatic rings. The van der Waals surface area contributed by atoms with Crippen LogP contribution >= 0.6 is 35.4 Å². The van der Waals surface area contributed by atoms with E-state index in [9.17, 15) is 0 Å². The third-order valence-corrected chi connectivity index (χ3v) is 5.72. The van der Waals surface area contributed by atoms with Crippen molar-refractivity contribution in [2.75, 3.05) is 30.0 Å². The van der Waals surface area contributed by atoms with Crippen LogP contribution in [0.15, 0.2) is 49.1 Å². The maximum atomic E-state index is 9.04. The van der Waals surface area contributed by atoms with Crippen LogP contribution in [0.4, 0.5) is 11.5 Å². The molecule has 5 N–H and O–H groups in total. The van der Waals surface area contributed by atoms with Crippen molar-refractivity contribution in [1.29, 1.82) is 0 Å². The van der Waals surface area contributed by atoms with E-state index in [1.54, 1.807) is 24.7 Å². The minimum absolute atomic E-state index is 0.510. The Hall–Kier alpha value is -2.59. The number of hydrogen-bond acceptors (Lipinski definition) is 6. The van der Waals surface area contributed by atoms with Gasteiger partial charge in [-0.05, 0) is 54.9 Å². The predicted molar refractivity (Wildman–Crippen MR) is 133 cm³/mol. The van der Waals surface area contributed by atoms with Crippen molar-refractivity contribution in [3.05, 3.63) is 70.4 Å². The van der Waals surface area contributed by atoms with E-state index < -0.39 is 0 Å². The fraction of sp³-hybridized carbons (Fsp3) is 0.286. The number of aromatic nitrogens is 3. The van der Waals surface area contributed by atoms with E-state index in [0.29, 0.717) is 40.5 Å². The van der Waals surface area contributed by atoms with Crippen LogP contribution in [-0.2, 0) is 13.0 Å². The number of nitrogens with zero attached hydrogens (tertiary/aromatic N) is 3. The number of hydrogen-bond donors (Lipinski definition) is 5. The second kappa shape index (κ2) is 12.4. The van der Waals surface area contributed by atoms with Crippen molar-refractivity contribution in [3.8, 4) is 0 Å². The zero-order chi connectivity index (χ0) is 22.8. The number of benzene rings is 1. The second-order valence-electron chi connectivity index (χ2n) is 7.05. The molecule has 0 aliphatic carbocycles. The first-order valence-corrected chi connectivity index (χ1v) is 11.3. The Morgan fingerprint density at radius 3 is 2.62 bits per heavy atom. The normalized spacial score (nSPS) is 10.6. The van der Waals surface area contributed by atoms with Gasteiger partial charge in [-0.2, -0.15) is 0 Å².